The lowest BCUT2D eigenvalue weighted by Gasteiger charge is -2.07. The summed E-state index contributed by atoms with van der Waals surface area (Å²) in [6.07, 6.45) is 1.59. The maximum absolute atomic E-state index is 13.4. The number of hydrogen-bond acceptors (Lipinski definition) is 1. The summed E-state index contributed by atoms with van der Waals surface area (Å²) in [5.74, 6) is -0.244. The van der Waals surface area contributed by atoms with Crippen LogP contribution in [-0.4, -0.2) is 0 Å². The van der Waals surface area contributed by atoms with Crippen molar-refractivity contribution in [2.45, 2.75) is 18.3 Å². The number of hydrogen-bond donors (Lipinski definition) is 0. The van der Waals surface area contributed by atoms with Gasteiger partial charge in [-0.2, -0.15) is 5.26 Å². The first-order valence-corrected chi connectivity index (χ1v) is 5.13. The Morgan fingerprint density at radius 1 is 1.46 bits per heavy atom. The predicted octanol–water partition coefficient (Wildman–Crippen LogP) is 2.99. The molecule has 0 aromatic heterocycles. The molecule has 1 saturated carbocycles. The quantitative estimate of drug-likeness (QED) is 0.728. The Morgan fingerprint density at radius 3 is 2.62 bits per heavy atom. The van der Waals surface area contributed by atoms with Crippen LogP contribution in [0.5, 0.6) is 0 Å². The van der Waals surface area contributed by atoms with Gasteiger partial charge in [-0.3, -0.25) is 0 Å². The van der Waals surface area contributed by atoms with Crippen LogP contribution < -0.4 is 0 Å². The lowest BCUT2D eigenvalue weighted by molar-refractivity contribution is 0.598. The van der Waals surface area contributed by atoms with Gasteiger partial charge in [0, 0.05) is 9.13 Å². The molecule has 0 amide bonds. The Bertz CT molecular complexity index is 390. The van der Waals surface area contributed by atoms with Crippen molar-refractivity contribution < 1.29 is 4.39 Å². The SMILES string of the molecule is N#CC1(c2ccc(I)cc2F)CC1. The van der Waals surface area contributed by atoms with Crippen LogP contribution in [0, 0.1) is 20.7 Å². The van der Waals surface area contributed by atoms with E-state index >= 15 is 0 Å². The molecule has 0 N–H and O–H groups in total. The average molecular weight is 287 g/mol. The molecule has 1 aromatic rings. The van der Waals surface area contributed by atoms with E-state index in [9.17, 15) is 4.39 Å². The first kappa shape index (κ1) is 8.95. The van der Waals surface area contributed by atoms with Gasteiger partial charge in [0.2, 0.25) is 0 Å². The zero-order valence-electron chi connectivity index (χ0n) is 6.85. The number of rotatable bonds is 1. The van der Waals surface area contributed by atoms with Gasteiger partial charge in [-0.25, -0.2) is 4.39 Å². The Balaban J connectivity index is 2.48. The maximum atomic E-state index is 13.4. The van der Waals surface area contributed by atoms with Crippen LogP contribution >= 0.6 is 22.6 Å². The fourth-order valence-corrected chi connectivity index (χ4v) is 1.90. The smallest absolute Gasteiger partial charge is 0.129 e. The Morgan fingerprint density at radius 2 is 2.15 bits per heavy atom. The molecule has 66 valence electrons. The van der Waals surface area contributed by atoms with Gasteiger partial charge in [-0.15, -0.1) is 0 Å². The summed E-state index contributed by atoms with van der Waals surface area (Å²) in [5, 5.41) is 8.89. The summed E-state index contributed by atoms with van der Waals surface area (Å²) < 4.78 is 14.3. The van der Waals surface area contributed by atoms with Gasteiger partial charge in [0.15, 0.2) is 0 Å². The molecule has 1 fully saturated rings. The van der Waals surface area contributed by atoms with Gasteiger partial charge < -0.3 is 0 Å². The fraction of sp³-hybridized carbons (Fsp3) is 0.300. The fourth-order valence-electron chi connectivity index (χ4n) is 1.44. The van der Waals surface area contributed by atoms with Crippen LogP contribution in [0.15, 0.2) is 18.2 Å². The highest BCUT2D eigenvalue weighted by Gasteiger charge is 2.46. The lowest BCUT2D eigenvalue weighted by Crippen LogP contribution is -2.05. The van der Waals surface area contributed by atoms with Gasteiger partial charge >= 0.3 is 0 Å². The molecule has 0 spiro atoms. The van der Waals surface area contributed by atoms with E-state index in [0.29, 0.717) is 5.56 Å². The molecule has 0 bridgehead atoms. The van der Waals surface area contributed by atoms with E-state index in [1.807, 2.05) is 6.07 Å². The molecule has 0 heterocycles. The largest absolute Gasteiger partial charge is 0.207 e. The minimum absolute atomic E-state index is 0.244. The number of benzene rings is 1. The molecule has 0 radical (unpaired) electrons. The molecule has 13 heavy (non-hydrogen) atoms. The van der Waals surface area contributed by atoms with E-state index in [2.05, 4.69) is 28.7 Å². The van der Waals surface area contributed by atoms with Gasteiger partial charge in [-0.1, -0.05) is 6.07 Å². The molecule has 1 aromatic carbocycles. The minimum Gasteiger partial charge on any atom is -0.207 e. The number of nitrogens with zero attached hydrogens (tertiary/aromatic N) is 1. The molecule has 3 heteroatoms. The van der Waals surface area contributed by atoms with Crippen molar-refractivity contribution >= 4 is 22.6 Å². The van der Waals surface area contributed by atoms with Crippen molar-refractivity contribution in [1.82, 2.24) is 0 Å². The number of nitriles is 1. The highest BCUT2D eigenvalue weighted by molar-refractivity contribution is 14.1. The first-order valence-electron chi connectivity index (χ1n) is 4.05. The van der Waals surface area contributed by atoms with Crippen molar-refractivity contribution in [3.63, 3.8) is 0 Å². The van der Waals surface area contributed by atoms with E-state index in [-0.39, 0.29) is 5.82 Å². The maximum Gasteiger partial charge on any atom is 0.129 e. The average Bonchev–Trinajstić information content (AvgIpc) is 2.85. The van der Waals surface area contributed by atoms with Crippen LogP contribution in [0.4, 0.5) is 4.39 Å². The molecular weight excluding hydrogens is 280 g/mol. The van der Waals surface area contributed by atoms with Crippen molar-refractivity contribution in [3.05, 3.63) is 33.1 Å². The second kappa shape index (κ2) is 2.95. The summed E-state index contributed by atoms with van der Waals surface area (Å²) in [4.78, 5) is 0. The highest BCUT2D eigenvalue weighted by atomic mass is 127. The van der Waals surface area contributed by atoms with Crippen LogP contribution in [0.1, 0.15) is 18.4 Å². The lowest BCUT2D eigenvalue weighted by atomic mass is 9.97. The van der Waals surface area contributed by atoms with Crippen LogP contribution in [0.2, 0.25) is 0 Å². The van der Waals surface area contributed by atoms with Gasteiger partial charge in [0.25, 0.3) is 0 Å². The standard InChI is InChI=1S/C10H7FIN/c11-9-5-7(12)1-2-8(9)10(6-13)3-4-10/h1-2,5H,3-4H2. The van der Waals surface area contributed by atoms with Crippen molar-refractivity contribution in [3.8, 4) is 6.07 Å². The van der Waals surface area contributed by atoms with Crippen molar-refractivity contribution in [1.29, 1.82) is 5.26 Å². The zero-order chi connectivity index (χ0) is 9.47. The van der Waals surface area contributed by atoms with Crippen LogP contribution in [-0.2, 0) is 5.41 Å². The third-order valence-corrected chi connectivity index (χ3v) is 3.08. The summed E-state index contributed by atoms with van der Waals surface area (Å²) in [6, 6.07) is 7.24. The van der Waals surface area contributed by atoms with Crippen molar-refractivity contribution in [2.24, 2.45) is 0 Å². The Kier molecular flexibility index (Phi) is 2.03. The van der Waals surface area contributed by atoms with E-state index < -0.39 is 5.41 Å². The van der Waals surface area contributed by atoms with Gasteiger partial charge in [0.05, 0.1) is 11.5 Å². The third kappa shape index (κ3) is 1.44. The second-order valence-electron chi connectivity index (χ2n) is 3.32. The summed E-state index contributed by atoms with van der Waals surface area (Å²) >= 11 is 2.06. The van der Waals surface area contributed by atoms with E-state index in [1.165, 1.54) is 6.07 Å². The number of halogens is 2. The first-order chi connectivity index (χ1) is 6.18. The predicted molar refractivity (Wildman–Crippen MR) is 55.6 cm³/mol. The van der Waals surface area contributed by atoms with Gasteiger partial charge in [-0.05, 0) is 47.6 Å². The normalized spacial score (nSPS) is 17.9. The monoisotopic (exact) mass is 287 g/mol. The molecule has 0 unspecified atom stereocenters. The third-order valence-electron chi connectivity index (χ3n) is 2.41. The van der Waals surface area contributed by atoms with Crippen LogP contribution in [0.25, 0.3) is 0 Å². The molecule has 0 atom stereocenters. The topological polar surface area (TPSA) is 23.8 Å². The molecular formula is C10H7FIN. The minimum atomic E-state index is -0.506. The molecule has 1 nitrogen and oxygen atoms in total. The summed E-state index contributed by atoms with van der Waals surface area (Å²) in [6.45, 7) is 0. The highest BCUT2D eigenvalue weighted by Crippen LogP contribution is 2.48. The molecule has 2 rings (SSSR count). The molecule has 0 saturated heterocycles. The van der Waals surface area contributed by atoms with E-state index in [0.717, 1.165) is 16.4 Å². The summed E-state index contributed by atoms with van der Waals surface area (Å²) in [5.41, 5.74) is 0.0597. The zero-order valence-corrected chi connectivity index (χ0v) is 9.01. The second-order valence-corrected chi connectivity index (χ2v) is 4.56. The summed E-state index contributed by atoms with van der Waals surface area (Å²) in [7, 11) is 0. The van der Waals surface area contributed by atoms with Gasteiger partial charge in [0.1, 0.15) is 5.82 Å². The van der Waals surface area contributed by atoms with Crippen molar-refractivity contribution in [2.75, 3.05) is 0 Å². The Hall–Kier alpha value is -0.630. The van der Waals surface area contributed by atoms with E-state index in [4.69, 9.17) is 5.26 Å². The van der Waals surface area contributed by atoms with E-state index in [1.54, 1.807) is 6.07 Å². The Labute approximate surface area is 89.7 Å². The van der Waals surface area contributed by atoms with Crippen LogP contribution in [0.3, 0.4) is 0 Å². The molecule has 1 aliphatic carbocycles. The molecule has 1 aliphatic rings. The molecule has 0 aliphatic heterocycles.